The molecule has 5 nitrogen and oxygen atoms in total. The van der Waals surface area contributed by atoms with Crippen molar-refractivity contribution in [2.45, 2.75) is 33.4 Å². The van der Waals surface area contributed by atoms with Crippen LogP contribution in [0.15, 0.2) is 47.7 Å². The maximum absolute atomic E-state index is 5.88. The lowest BCUT2D eigenvalue weighted by atomic mass is 10.1. The maximum Gasteiger partial charge on any atom is 0.188 e. The second-order valence-electron chi connectivity index (χ2n) is 5.83. The molecule has 0 aliphatic carbocycles. The molecule has 0 bridgehead atoms. The zero-order valence-electron chi connectivity index (χ0n) is 13.4. The topological polar surface area (TPSA) is 68.2 Å². The van der Waals surface area contributed by atoms with Crippen LogP contribution >= 0.6 is 0 Å². The number of nitrogens with zero attached hydrogens (tertiary/aromatic N) is 3. The van der Waals surface area contributed by atoms with Gasteiger partial charge in [-0.25, -0.2) is 4.99 Å². The van der Waals surface area contributed by atoms with Crippen LogP contribution in [-0.4, -0.2) is 22.3 Å². The molecule has 0 amide bonds. The fourth-order valence-corrected chi connectivity index (χ4v) is 2.13. The lowest BCUT2D eigenvalue weighted by Gasteiger charge is -2.08. The van der Waals surface area contributed by atoms with Crippen molar-refractivity contribution in [3.8, 4) is 0 Å². The zero-order valence-corrected chi connectivity index (χ0v) is 13.4. The smallest absolute Gasteiger partial charge is 0.188 e. The zero-order chi connectivity index (χ0) is 15.8. The Bertz CT molecular complexity index is 587. The number of nitrogens with one attached hydrogen (secondary N) is 1. The van der Waals surface area contributed by atoms with E-state index in [2.05, 4.69) is 47.5 Å². The molecule has 3 N–H and O–H groups in total. The first-order valence-electron chi connectivity index (χ1n) is 7.72. The molecule has 0 saturated heterocycles. The van der Waals surface area contributed by atoms with Gasteiger partial charge in [-0.05, 0) is 29.5 Å². The highest BCUT2D eigenvalue weighted by molar-refractivity contribution is 5.77. The lowest BCUT2D eigenvalue weighted by molar-refractivity contribution is 0.576. The van der Waals surface area contributed by atoms with Gasteiger partial charge in [-0.2, -0.15) is 5.10 Å². The fourth-order valence-electron chi connectivity index (χ4n) is 2.13. The van der Waals surface area contributed by atoms with Gasteiger partial charge in [0.25, 0.3) is 0 Å². The van der Waals surface area contributed by atoms with Gasteiger partial charge in [0.05, 0.1) is 13.1 Å². The van der Waals surface area contributed by atoms with Crippen LogP contribution < -0.4 is 11.1 Å². The number of nitrogens with two attached hydrogens (primary N) is 1. The molecule has 2 aromatic rings. The van der Waals surface area contributed by atoms with Crippen molar-refractivity contribution in [1.29, 1.82) is 0 Å². The first-order chi connectivity index (χ1) is 10.6. The largest absolute Gasteiger partial charge is 0.370 e. The Labute approximate surface area is 132 Å². The van der Waals surface area contributed by atoms with Gasteiger partial charge in [0.2, 0.25) is 0 Å². The maximum atomic E-state index is 5.88. The van der Waals surface area contributed by atoms with E-state index in [9.17, 15) is 0 Å². The molecule has 0 unspecified atom stereocenters. The molecule has 5 heteroatoms. The molecule has 0 fully saturated rings. The summed E-state index contributed by atoms with van der Waals surface area (Å²) in [5.41, 5.74) is 8.24. The van der Waals surface area contributed by atoms with Gasteiger partial charge >= 0.3 is 0 Å². The minimum atomic E-state index is 0.512. The van der Waals surface area contributed by atoms with E-state index in [4.69, 9.17) is 5.73 Å². The van der Waals surface area contributed by atoms with Crippen molar-refractivity contribution in [2.75, 3.05) is 6.54 Å². The predicted molar refractivity (Wildman–Crippen MR) is 90.6 cm³/mol. The fraction of sp³-hybridized carbons (Fsp3) is 0.412. The molecule has 0 spiro atoms. The molecule has 0 aliphatic heterocycles. The Morgan fingerprint density at radius 1 is 1.32 bits per heavy atom. The third-order valence-electron chi connectivity index (χ3n) is 3.35. The molecule has 22 heavy (non-hydrogen) atoms. The molecular formula is C17H25N5. The molecule has 1 heterocycles. The van der Waals surface area contributed by atoms with E-state index in [-0.39, 0.29) is 0 Å². The third-order valence-corrected chi connectivity index (χ3v) is 3.35. The van der Waals surface area contributed by atoms with E-state index >= 15 is 0 Å². The summed E-state index contributed by atoms with van der Waals surface area (Å²) in [6.07, 6.45) is 4.84. The van der Waals surface area contributed by atoms with Gasteiger partial charge in [-0.1, -0.05) is 38.1 Å². The summed E-state index contributed by atoms with van der Waals surface area (Å²) in [4.78, 5) is 4.39. The normalized spacial score (nSPS) is 11.9. The van der Waals surface area contributed by atoms with Gasteiger partial charge in [-0.3, -0.25) is 4.68 Å². The Balaban J connectivity index is 1.87. The molecule has 0 saturated carbocycles. The van der Waals surface area contributed by atoms with Crippen LogP contribution in [0.1, 0.15) is 31.4 Å². The Kier molecular flexibility index (Phi) is 6.01. The van der Waals surface area contributed by atoms with Crippen LogP contribution in [0.5, 0.6) is 0 Å². The van der Waals surface area contributed by atoms with Gasteiger partial charge in [0.1, 0.15) is 0 Å². The number of benzene rings is 1. The SMILES string of the molecule is CC(C)CCNC(N)=NCc1cccc(Cn2cccn2)c1. The Morgan fingerprint density at radius 2 is 2.14 bits per heavy atom. The van der Waals surface area contributed by atoms with Crippen LogP contribution in [0.3, 0.4) is 0 Å². The van der Waals surface area contributed by atoms with Crippen LogP contribution in [0.25, 0.3) is 0 Å². The highest BCUT2D eigenvalue weighted by Gasteiger charge is 1.99. The highest BCUT2D eigenvalue weighted by Crippen LogP contribution is 2.08. The summed E-state index contributed by atoms with van der Waals surface area (Å²) in [6, 6.07) is 10.3. The van der Waals surface area contributed by atoms with Crippen LogP contribution in [0.2, 0.25) is 0 Å². The second-order valence-corrected chi connectivity index (χ2v) is 5.83. The summed E-state index contributed by atoms with van der Waals surface area (Å²) in [7, 11) is 0. The second kappa shape index (κ2) is 8.22. The van der Waals surface area contributed by atoms with Crippen LogP contribution in [0.4, 0.5) is 0 Å². The number of aromatic nitrogens is 2. The number of guanidine groups is 1. The summed E-state index contributed by atoms with van der Waals surface area (Å²) >= 11 is 0. The van der Waals surface area contributed by atoms with E-state index in [1.807, 2.05) is 23.0 Å². The first kappa shape index (κ1) is 16.1. The van der Waals surface area contributed by atoms with Crippen LogP contribution in [0, 0.1) is 5.92 Å². The summed E-state index contributed by atoms with van der Waals surface area (Å²) in [5, 5.41) is 7.37. The van der Waals surface area contributed by atoms with E-state index in [0.717, 1.165) is 25.1 Å². The van der Waals surface area contributed by atoms with E-state index in [0.29, 0.717) is 18.4 Å². The third kappa shape index (κ3) is 5.60. The lowest BCUT2D eigenvalue weighted by Crippen LogP contribution is -2.32. The van der Waals surface area contributed by atoms with Crippen molar-refractivity contribution in [3.05, 3.63) is 53.9 Å². The Hall–Kier alpha value is -2.30. The van der Waals surface area contributed by atoms with Crippen molar-refractivity contribution in [2.24, 2.45) is 16.6 Å². The predicted octanol–water partition coefficient (Wildman–Crippen LogP) is 2.38. The van der Waals surface area contributed by atoms with Gasteiger partial charge in [0.15, 0.2) is 5.96 Å². The van der Waals surface area contributed by atoms with E-state index < -0.39 is 0 Å². The molecule has 1 aromatic carbocycles. The molecule has 0 radical (unpaired) electrons. The minimum absolute atomic E-state index is 0.512. The molecule has 0 atom stereocenters. The molecular weight excluding hydrogens is 274 g/mol. The highest BCUT2D eigenvalue weighted by atomic mass is 15.3. The average molecular weight is 299 g/mol. The van der Waals surface area contributed by atoms with Crippen molar-refractivity contribution in [3.63, 3.8) is 0 Å². The number of rotatable bonds is 7. The van der Waals surface area contributed by atoms with Gasteiger partial charge in [0, 0.05) is 18.9 Å². The molecule has 1 aromatic heterocycles. The summed E-state index contributed by atoms with van der Waals surface area (Å²) in [5.74, 6) is 1.18. The monoisotopic (exact) mass is 299 g/mol. The molecule has 0 aliphatic rings. The van der Waals surface area contributed by atoms with Gasteiger partial charge < -0.3 is 11.1 Å². The minimum Gasteiger partial charge on any atom is -0.370 e. The van der Waals surface area contributed by atoms with Crippen molar-refractivity contribution >= 4 is 5.96 Å². The van der Waals surface area contributed by atoms with Crippen LogP contribution in [-0.2, 0) is 13.1 Å². The van der Waals surface area contributed by atoms with E-state index in [1.165, 1.54) is 5.56 Å². The quantitative estimate of drug-likeness (QED) is 0.609. The number of aliphatic imine (C=N–C) groups is 1. The molecule has 118 valence electrons. The summed E-state index contributed by atoms with van der Waals surface area (Å²) < 4.78 is 1.91. The Morgan fingerprint density at radius 3 is 2.86 bits per heavy atom. The van der Waals surface area contributed by atoms with Crippen molar-refractivity contribution < 1.29 is 0 Å². The first-order valence-corrected chi connectivity index (χ1v) is 7.72. The van der Waals surface area contributed by atoms with E-state index in [1.54, 1.807) is 6.20 Å². The number of hydrogen-bond acceptors (Lipinski definition) is 2. The van der Waals surface area contributed by atoms with Crippen molar-refractivity contribution in [1.82, 2.24) is 15.1 Å². The van der Waals surface area contributed by atoms with Gasteiger partial charge in [-0.15, -0.1) is 0 Å². The molecule has 2 rings (SSSR count). The number of hydrogen-bond donors (Lipinski definition) is 2. The standard InChI is InChI=1S/C17H25N5/c1-14(2)7-9-19-17(18)20-12-15-5-3-6-16(11-15)13-22-10-4-8-21-22/h3-6,8,10-11,14H,7,9,12-13H2,1-2H3,(H3,18,19,20). The average Bonchev–Trinajstić information content (AvgIpc) is 2.98. The summed E-state index contributed by atoms with van der Waals surface area (Å²) in [6.45, 7) is 6.62.